The lowest BCUT2D eigenvalue weighted by Crippen LogP contribution is -2.38. The third-order valence-electron chi connectivity index (χ3n) is 5.96. The van der Waals surface area contributed by atoms with Gasteiger partial charge in [-0.25, -0.2) is 4.90 Å². The average Bonchev–Trinajstić information content (AvgIpc) is 2.95. The van der Waals surface area contributed by atoms with Gasteiger partial charge in [0, 0.05) is 18.1 Å². The van der Waals surface area contributed by atoms with Crippen LogP contribution in [0.25, 0.3) is 5.57 Å². The van der Waals surface area contributed by atoms with Crippen molar-refractivity contribution in [2.24, 2.45) is 5.92 Å². The predicted octanol–water partition coefficient (Wildman–Crippen LogP) is 5.63. The Labute approximate surface area is 187 Å². The van der Waals surface area contributed by atoms with Crippen LogP contribution in [-0.2, 0) is 9.59 Å². The molecule has 1 saturated heterocycles. The van der Waals surface area contributed by atoms with Gasteiger partial charge in [0.1, 0.15) is 5.70 Å². The van der Waals surface area contributed by atoms with E-state index >= 15 is 0 Å². The fourth-order valence-corrected chi connectivity index (χ4v) is 4.62. The molecular formula is C24H24Cl2N2O2. The zero-order chi connectivity index (χ0) is 21.6. The highest BCUT2D eigenvalue weighted by Gasteiger charge is 2.44. The molecule has 2 heterocycles. The fourth-order valence-electron chi connectivity index (χ4n) is 4.26. The molecule has 2 aromatic rings. The minimum Gasteiger partial charge on any atom is -0.366 e. The van der Waals surface area contributed by atoms with Crippen molar-refractivity contribution in [1.82, 2.24) is 4.90 Å². The summed E-state index contributed by atoms with van der Waals surface area (Å²) < 4.78 is 0. The molecule has 6 heteroatoms. The number of piperidine rings is 1. The third kappa shape index (κ3) is 3.63. The summed E-state index contributed by atoms with van der Waals surface area (Å²) in [7, 11) is 0. The Morgan fingerprint density at radius 1 is 0.933 bits per heavy atom. The van der Waals surface area contributed by atoms with Crippen molar-refractivity contribution in [3.8, 4) is 0 Å². The summed E-state index contributed by atoms with van der Waals surface area (Å²) in [4.78, 5) is 30.5. The number of likely N-dealkylation sites (tertiary alicyclic amines) is 1. The number of nitrogens with zero attached hydrogens (tertiary/aromatic N) is 2. The summed E-state index contributed by atoms with van der Waals surface area (Å²) in [6.45, 7) is 7.70. The summed E-state index contributed by atoms with van der Waals surface area (Å²) in [5.41, 5.74) is 4.10. The van der Waals surface area contributed by atoms with Crippen LogP contribution in [0.3, 0.4) is 0 Å². The lowest BCUT2D eigenvalue weighted by molar-refractivity contribution is -0.120. The molecule has 2 aliphatic heterocycles. The Morgan fingerprint density at radius 3 is 2.30 bits per heavy atom. The van der Waals surface area contributed by atoms with E-state index in [1.54, 1.807) is 18.2 Å². The number of hydrogen-bond donors (Lipinski definition) is 0. The standard InChI is InChI=1S/C24H24Cl2N2O2/c1-14-8-10-27(11-9-14)22-21(18-6-4-15(2)12-16(18)3)23(29)28(24(22)30)20-13-17(25)5-7-19(20)26/h4-7,12-14H,8-11H2,1-3H3. The lowest BCUT2D eigenvalue weighted by atomic mass is 9.95. The molecule has 0 unspecified atom stereocenters. The zero-order valence-electron chi connectivity index (χ0n) is 17.3. The summed E-state index contributed by atoms with van der Waals surface area (Å²) >= 11 is 12.5. The van der Waals surface area contributed by atoms with Gasteiger partial charge in [-0.2, -0.15) is 0 Å². The van der Waals surface area contributed by atoms with Crippen molar-refractivity contribution in [2.75, 3.05) is 18.0 Å². The fraction of sp³-hybridized carbons (Fsp3) is 0.333. The number of anilines is 1. The van der Waals surface area contributed by atoms with Crippen molar-refractivity contribution in [3.05, 3.63) is 68.8 Å². The van der Waals surface area contributed by atoms with Gasteiger partial charge < -0.3 is 4.90 Å². The molecule has 4 rings (SSSR count). The smallest absolute Gasteiger partial charge is 0.282 e. The minimum atomic E-state index is -0.357. The largest absolute Gasteiger partial charge is 0.366 e. The average molecular weight is 443 g/mol. The van der Waals surface area contributed by atoms with E-state index in [0.717, 1.165) is 42.6 Å². The van der Waals surface area contributed by atoms with Crippen molar-refractivity contribution < 1.29 is 9.59 Å². The summed E-state index contributed by atoms with van der Waals surface area (Å²) in [6.07, 6.45) is 1.98. The highest BCUT2D eigenvalue weighted by Crippen LogP contribution is 2.40. The Balaban J connectivity index is 1.87. The van der Waals surface area contributed by atoms with E-state index in [1.165, 1.54) is 4.90 Å². The normalized spacial score (nSPS) is 18.0. The SMILES string of the molecule is Cc1ccc(C2=C(N3CCC(C)CC3)C(=O)N(c3cc(Cl)ccc3Cl)C2=O)c(C)c1. The van der Waals surface area contributed by atoms with Gasteiger partial charge in [-0.3, -0.25) is 9.59 Å². The Kier molecular flexibility index (Phi) is 5.65. The highest BCUT2D eigenvalue weighted by atomic mass is 35.5. The number of halogens is 2. The van der Waals surface area contributed by atoms with Gasteiger partial charge in [0.25, 0.3) is 11.8 Å². The minimum absolute atomic E-state index is 0.314. The van der Waals surface area contributed by atoms with Gasteiger partial charge in [0.2, 0.25) is 0 Å². The third-order valence-corrected chi connectivity index (χ3v) is 6.51. The van der Waals surface area contributed by atoms with Crippen LogP contribution < -0.4 is 4.90 Å². The van der Waals surface area contributed by atoms with Gasteiger partial charge in [-0.1, -0.05) is 53.9 Å². The molecule has 0 radical (unpaired) electrons. The van der Waals surface area contributed by atoms with Crippen LogP contribution in [0, 0.1) is 19.8 Å². The van der Waals surface area contributed by atoms with Crippen LogP contribution in [0.4, 0.5) is 5.69 Å². The van der Waals surface area contributed by atoms with Crippen LogP contribution in [-0.4, -0.2) is 29.8 Å². The van der Waals surface area contributed by atoms with Crippen molar-refractivity contribution in [2.45, 2.75) is 33.6 Å². The summed E-state index contributed by atoms with van der Waals surface area (Å²) in [5, 5.41) is 0.734. The van der Waals surface area contributed by atoms with Gasteiger partial charge in [-0.15, -0.1) is 0 Å². The second kappa shape index (κ2) is 8.09. The molecule has 2 aromatic carbocycles. The maximum Gasteiger partial charge on any atom is 0.282 e. The second-order valence-corrected chi connectivity index (χ2v) is 9.10. The quantitative estimate of drug-likeness (QED) is 0.578. The van der Waals surface area contributed by atoms with Gasteiger partial charge in [0.15, 0.2) is 0 Å². The van der Waals surface area contributed by atoms with Gasteiger partial charge in [0.05, 0.1) is 16.3 Å². The molecule has 0 bridgehead atoms. The molecule has 156 valence electrons. The van der Waals surface area contributed by atoms with E-state index < -0.39 is 0 Å². The molecule has 2 amide bonds. The van der Waals surface area contributed by atoms with Crippen LogP contribution in [0.5, 0.6) is 0 Å². The second-order valence-electron chi connectivity index (χ2n) is 8.25. The van der Waals surface area contributed by atoms with E-state index in [0.29, 0.717) is 32.9 Å². The maximum atomic E-state index is 13.7. The summed E-state index contributed by atoms with van der Waals surface area (Å²) in [5.74, 6) is -0.0875. The molecule has 2 aliphatic rings. The molecule has 0 spiro atoms. The van der Waals surface area contributed by atoms with E-state index in [9.17, 15) is 9.59 Å². The van der Waals surface area contributed by atoms with E-state index in [-0.39, 0.29) is 11.8 Å². The first kappa shape index (κ1) is 21.0. The predicted molar refractivity (Wildman–Crippen MR) is 122 cm³/mol. The Morgan fingerprint density at radius 2 is 1.63 bits per heavy atom. The van der Waals surface area contributed by atoms with Crippen LogP contribution >= 0.6 is 23.2 Å². The number of benzene rings is 2. The van der Waals surface area contributed by atoms with Gasteiger partial charge in [-0.05, 0) is 61.9 Å². The van der Waals surface area contributed by atoms with Crippen molar-refractivity contribution in [1.29, 1.82) is 0 Å². The van der Waals surface area contributed by atoms with E-state index in [4.69, 9.17) is 23.2 Å². The van der Waals surface area contributed by atoms with Gasteiger partial charge >= 0.3 is 0 Å². The number of amides is 2. The van der Waals surface area contributed by atoms with Crippen molar-refractivity contribution in [3.63, 3.8) is 0 Å². The number of imide groups is 1. The number of aryl methyl sites for hydroxylation is 2. The number of carbonyl (C=O) groups is 2. The van der Waals surface area contributed by atoms with E-state index in [2.05, 4.69) is 11.8 Å². The lowest BCUT2D eigenvalue weighted by Gasteiger charge is -2.32. The first-order valence-electron chi connectivity index (χ1n) is 10.2. The molecule has 0 N–H and O–H groups in total. The van der Waals surface area contributed by atoms with Crippen molar-refractivity contribution >= 4 is 46.3 Å². The number of rotatable bonds is 3. The Hall–Kier alpha value is -2.30. The van der Waals surface area contributed by atoms with Crippen LogP contribution in [0.1, 0.15) is 36.5 Å². The molecular weight excluding hydrogens is 419 g/mol. The molecule has 4 nitrogen and oxygen atoms in total. The first-order valence-corrected chi connectivity index (χ1v) is 10.9. The maximum absolute atomic E-state index is 13.7. The molecule has 1 fully saturated rings. The molecule has 0 atom stereocenters. The number of hydrogen-bond acceptors (Lipinski definition) is 3. The van der Waals surface area contributed by atoms with E-state index in [1.807, 2.05) is 32.0 Å². The summed E-state index contributed by atoms with van der Waals surface area (Å²) in [6, 6.07) is 10.8. The molecule has 0 aliphatic carbocycles. The van der Waals surface area contributed by atoms with Crippen LogP contribution in [0.2, 0.25) is 10.0 Å². The molecule has 0 saturated carbocycles. The zero-order valence-corrected chi connectivity index (χ0v) is 18.8. The molecule has 30 heavy (non-hydrogen) atoms. The van der Waals surface area contributed by atoms with Crippen LogP contribution in [0.15, 0.2) is 42.1 Å². The first-order chi connectivity index (χ1) is 14.3. The number of carbonyl (C=O) groups excluding carboxylic acids is 2. The molecule has 0 aromatic heterocycles. The topological polar surface area (TPSA) is 40.6 Å². The monoisotopic (exact) mass is 442 g/mol. The highest BCUT2D eigenvalue weighted by molar-refractivity contribution is 6.47. The Bertz CT molecular complexity index is 1070.